The highest BCUT2D eigenvalue weighted by Gasteiger charge is 2.31. The van der Waals surface area contributed by atoms with Crippen molar-refractivity contribution in [2.24, 2.45) is 11.8 Å². The minimum absolute atomic E-state index is 0.0178. The van der Waals surface area contributed by atoms with Crippen LogP contribution in [0.15, 0.2) is 0 Å². The van der Waals surface area contributed by atoms with E-state index in [1.54, 1.807) is 20.8 Å². The van der Waals surface area contributed by atoms with E-state index in [9.17, 15) is 19.2 Å². The average molecular weight is 419 g/mol. The minimum Gasteiger partial charge on any atom is -0.444 e. The number of carbonyl (C=O) groups excluding carboxylic acids is 4. The predicted octanol–water partition coefficient (Wildman–Crippen LogP) is 1.16. The maximum absolute atomic E-state index is 12.7. The van der Waals surface area contributed by atoms with Crippen molar-refractivity contribution in [2.75, 3.05) is 19.0 Å². The Morgan fingerprint density at radius 2 is 1.96 bits per heavy atom. The molecule has 0 radical (unpaired) electrons. The van der Waals surface area contributed by atoms with Crippen LogP contribution < -0.4 is 16.1 Å². The third kappa shape index (κ3) is 8.33. The van der Waals surface area contributed by atoms with E-state index >= 15 is 0 Å². The zero-order valence-corrected chi connectivity index (χ0v) is 17.9. The molecule has 0 saturated carbocycles. The van der Waals surface area contributed by atoms with Gasteiger partial charge >= 0.3 is 6.09 Å². The molecule has 0 spiro atoms. The third-order valence-electron chi connectivity index (χ3n) is 3.94. The summed E-state index contributed by atoms with van der Waals surface area (Å²) in [7, 11) is 0. The first kappa shape index (κ1) is 24.0. The van der Waals surface area contributed by atoms with E-state index < -0.39 is 35.5 Å². The van der Waals surface area contributed by atoms with Gasteiger partial charge in [-0.1, -0.05) is 13.8 Å². The first-order valence-electron chi connectivity index (χ1n) is 9.37. The Bertz CT molecular complexity index is 591. The average Bonchev–Trinajstić information content (AvgIpc) is 2.95. The molecule has 1 aliphatic rings. The Morgan fingerprint density at radius 1 is 1.32 bits per heavy atom. The third-order valence-corrected chi connectivity index (χ3v) is 4.17. The molecule has 28 heavy (non-hydrogen) atoms. The standard InChI is InChI=1S/C18H31ClN4O5/c1-11(2)8-13(21-17(27)28-18(3,4)5)16(26)22-23(14(24)9-19)10-12-6-7-20-15(12)25/h11-13H,6-10H2,1-5H3,(H,20,25)(H,21,27)(H,22,26)/t12-,13-/m0/s1. The van der Waals surface area contributed by atoms with Crippen LogP contribution in [-0.4, -0.2) is 59.4 Å². The van der Waals surface area contributed by atoms with Gasteiger partial charge in [0.2, 0.25) is 5.91 Å². The lowest BCUT2D eigenvalue weighted by Gasteiger charge is -2.28. The van der Waals surface area contributed by atoms with Crippen molar-refractivity contribution in [3.05, 3.63) is 0 Å². The van der Waals surface area contributed by atoms with Gasteiger partial charge in [-0.25, -0.2) is 4.79 Å². The fourth-order valence-corrected chi connectivity index (χ4v) is 2.83. The highest BCUT2D eigenvalue weighted by Crippen LogP contribution is 2.13. The number of nitrogens with one attached hydrogen (secondary N) is 3. The summed E-state index contributed by atoms with van der Waals surface area (Å²) in [4.78, 5) is 48.8. The van der Waals surface area contributed by atoms with E-state index in [0.717, 1.165) is 5.01 Å². The molecule has 0 bridgehead atoms. The molecule has 0 unspecified atom stereocenters. The van der Waals surface area contributed by atoms with E-state index in [4.69, 9.17) is 16.3 Å². The summed E-state index contributed by atoms with van der Waals surface area (Å²) in [5.41, 5.74) is 1.79. The molecule has 0 aromatic carbocycles. The van der Waals surface area contributed by atoms with Gasteiger partial charge in [0.1, 0.15) is 17.5 Å². The van der Waals surface area contributed by atoms with Crippen LogP contribution in [-0.2, 0) is 19.1 Å². The number of amides is 4. The van der Waals surface area contributed by atoms with Gasteiger partial charge < -0.3 is 15.4 Å². The number of hydrogen-bond donors (Lipinski definition) is 3. The zero-order valence-electron chi connectivity index (χ0n) is 17.1. The molecule has 3 N–H and O–H groups in total. The summed E-state index contributed by atoms with van der Waals surface area (Å²) in [5, 5.41) is 6.28. The first-order valence-corrected chi connectivity index (χ1v) is 9.90. The normalized spacial score (nSPS) is 17.7. The molecule has 1 heterocycles. The van der Waals surface area contributed by atoms with Crippen molar-refractivity contribution >= 4 is 35.4 Å². The number of hydrogen-bond acceptors (Lipinski definition) is 5. The molecular weight excluding hydrogens is 388 g/mol. The van der Waals surface area contributed by atoms with E-state index in [2.05, 4.69) is 16.1 Å². The van der Waals surface area contributed by atoms with Gasteiger partial charge in [-0.05, 0) is 39.5 Å². The summed E-state index contributed by atoms with van der Waals surface area (Å²) in [6.07, 6.45) is 0.184. The second-order valence-electron chi connectivity index (χ2n) is 8.22. The van der Waals surface area contributed by atoms with Crippen molar-refractivity contribution in [2.45, 2.75) is 59.1 Å². The molecule has 0 aliphatic carbocycles. The van der Waals surface area contributed by atoms with Gasteiger partial charge in [-0.3, -0.25) is 24.8 Å². The Hall–Kier alpha value is -2.03. The molecule has 10 heteroatoms. The monoisotopic (exact) mass is 418 g/mol. The SMILES string of the molecule is CC(C)C[C@H](NC(=O)OC(C)(C)C)C(=O)NN(C[C@@H]1CCNC1=O)C(=O)CCl. The number of alkyl carbamates (subject to hydrolysis) is 1. The lowest BCUT2D eigenvalue weighted by Crippen LogP contribution is -2.56. The fraction of sp³-hybridized carbons (Fsp3) is 0.778. The van der Waals surface area contributed by atoms with Crippen LogP contribution in [0, 0.1) is 11.8 Å². The number of carbonyl (C=O) groups is 4. The summed E-state index contributed by atoms with van der Waals surface area (Å²) < 4.78 is 5.21. The molecule has 0 aromatic heterocycles. The largest absolute Gasteiger partial charge is 0.444 e. The molecular formula is C18H31ClN4O5. The molecule has 4 amide bonds. The van der Waals surface area contributed by atoms with E-state index in [1.807, 2.05) is 13.8 Å². The van der Waals surface area contributed by atoms with E-state index in [0.29, 0.717) is 19.4 Å². The highest BCUT2D eigenvalue weighted by atomic mass is 35.5. The van der Waals surface area contributed by atoms with Crippen molar-refractivity contribution in [1.82, 2.24) is 21.1 Å². The first-order chi connectivity index (χ1) is 12.9. The van der Waals surface area contributed by atoms with Crippen molar-refractivity contribution in [3.63, 3.8) is 0 Å². The van der Waals surface area contributed by atoms with Crippen LogP contribution in [0.4, 0.5) is 4.79 Å². The maximum atomic E-state index is 12.7. The Kier molecular flexibility index (Phi) is 9.00. The van der Waals surface area contributed by atoms with Crippen LogP contribution >= 0.6 is 11.6 Å². The number of rotatable bonds is 7. The quantitative estimate of drug-likeness (QED) is 0.423. The van der Waals surface area contributed by atoms with Gasteiger partial charge in [0.05, 0.1) is 12.5 Å². The summed E-state index contributed by atoms with van der Waals surface area (Å²) in [6, 6.07) is -0.905. The molecule has 9 nitrogen and oxygen atoms in total. The lowest BCUT2D eigenvalue weighted by molar-refractivity contribution is -0.142. The highest BCUT2D eigenvalue weighted by molar-refractivity contribution is 6.27. The van der Waals surface area contributed by atoms with Crippen LogP contribution in [0.5, 0.6) is 0 Å². The molecule has 1 rings (SSSR count). The van der Waals surface area contributed by atoms with Gasteiger partial charge in [-0.2, -0.15) is 0 Å². The van der Waals surface area contributed by atoms with Crippen molar-refractivity contribution in [3.8, 4) is 0 Å². The van der Waals surface area contributed by atoms with E-state index in [-0.39, 0.29) is 24.2 Å². The summed E-state index contributed by atoms with van der Waals surface area (Å²) in [6.45, 7) is 9.51. The van der Waals surface area contributed by atoms with Crippen LogP contribution in [0.2, 0.25) is 0 Å². The van der Waals surface area contributed by atoms with Crippen LogP contribution in [0.1, 0.15) is 47.5 Å². The van der Waals surface area contributed by atoms with Crippen molar-refractivity contribution in [1.29, 1.82) is 0 Å². The second-order valence-corrected chi connectivity index (χ2v) is 8.49. The second kappa shape index (κ2) is 10.5. The molecule has 1 fully saturated rings. The zero-order chi connectivity index (χ0) is 21.5. The Labute approximate surface area is 170 Å². The molecule has 0 aromatic rings. The predicted molar refractivity (Wildman–Crippen MR) is 104 cm³/mol. The maximum Gasteiger partial charge on any atom is 0.408 e. The molecule has 160 valence electrons. The molecule has 1 saturated heterocycles. The lowest BCUT2D eigenvalue weighted by atomic mass is 10.0. The van der Waals surface area contributed by atoms with Gasteiger partial charge in [-0.15, -0.1) is 11.6 Å². The molecule has 2 atom stereocenters. The number of ether oxygens (including phenoxy) is 1. The van der Waals surface area contributed by atoms with Crippen LogP contribution in [0.3, 0.4) is 0 Å². The minimum atomic E-state index is -0.905. The van der Waals surface area contributed by atoms with Crippen LogP contribution in [0.25, 0.3) is 0 Å². The van der Waals surface area contributed by atoms with Gasteiger partial charge in [0, 0.05) is 6.54 Å². The van der Waals surface area contributed by atoms with Gasteiger partial charge in [0.25, 0.3) is 11.8 Å². The van der Waals surface area contributed by atoms with Gasteiger partial charge in [0.15, 0.2) is 0 Å². The fourth-order valence-electron chi connectivity index (χ4n) is 2.69. The van der Waals surface area contributed by atoms with E-state index in [1.165, 1.54) is 0 Å². The number of nitrogens with zero attached hydrogens (tertiary/aromatic N) is 1. The molecule has 1 aliphatic heterocycles. The topological polar surface area (TPSA) is 117 Å². The van der Waals surface area contributed by atoms with Crippen molar-refractivity contribution < 1.29 is 23.9 Å². The summed E-state index contributed by atoms with van der Waals surface area (Å²) >= 11 is 5.64. The number of halogens is 1. The Balaban J connectivity index is 2.83. The Morgan fingerprint density at radius 3 is 2.43 bits per heavy atom. The summed E-state index contributed by atoms with van der Waals surface area (Å²) in [5.74, 6) is -1.94. The number of hydrazine groups is 1. The smallest absolute Gasteiger partial charge is 0.408 e. The number of alkyl halides is 1.